The van der Waals surface area contributed by atoms with E-state index in [0.29, 0.717) is 5.13 Å². The molecule has 27 heavy (non-hydrogen) atoms. The largest absolute Gasteiger partial charge is 0.301 e. The molecule has 1 aromatic heterocycles. The predicted octanol–water partition coefficient (Wildman–Crippen LogP) is 5.83. The third-order valence-corrected chi connectivity index (χ3v) is 5.75. The molecule has 0 atom stereocenters. The van der Waals surface area contributed by atoms with Crippen LogP contribution in [0.5, 0.6) is 0 Å². The van der Waals surface area contributed by atoms with Crippen molar-refractivity contribution < 1.29 is 9.18 Å². The van der Waals surface area contributed by atoms with Crippen LogP contribution in [0.1, 0.15) is 0 Å². The van der Waals surface area contributed by atoms with Gasteiger partial charge in [0.15, 0.2) is 5.13 Å². The van der Waals surface area contributed by atoms with E-state index in [1.54, 1.807) is 12.1 Å². The number of amides is 1. The minimum absolute atomic E-state index is 0.135. The van der Waals surface area contributed by atoms with Crippen molar-refractivity contribution in [3.05, 3.63) is 77.9 Å². The Morgan fingerprint density at radius 1 is 1.04 bits per heavy atom. The van der Waals surface area contributed by atoms with Gasteiger partial charge in [0.05, 0.1) is 11.4 Å². The Labute approximate surface area is 164 Å². The molecule has 4 rings (SSSR count). The summed E-state index contributed by atoms with van der Waals surface area (Å²) in [5.41, 5.74) is 1.86. The van der Waals surface area contributed by atoms with Crippen molar-refractivity contribution >= 4 is 44.9 Å². The molecular formula is C21H15FN2OS2. The van der Waals surface area contributed by atoms with Crippen molar-refractivity contribution in [3.8, 4) is 11.3 Å². The lowest BCUT2D eigenvalue weighted by molar-refractivity contribution is -0.113. The van der Waals surface area contributed by atoms with Gasteiger partial charge in [0.1, 0.15) is 5.82 Å². The first-order valence-corrected chi connectivity index (χ1v) is 10.2. The lowest BCUT2D eigenvalue weighted by atomic mass is 10.1. The van der Waals surface area contributed by atoms with Gasteiger partial charge in [-0.15, -0.1) is 23.1 Å². The Hall–Kier alpha value is -2.70. The van der Waals surface area contributed by atoms with E-state index < -0.39 is 0 Å². The number of thioether (sulfide) groups is 1. The van der Waals surface area contributed by atoms with E-state index in [2.05, 4.69) is 34.6 Å². The fourth-order valence-electron chi connectivity index (χ4n) is 2.65. The number of anilines is 1. The predicted molar refractivity (Wildman–Crippen MR) is 111 cm³/mol. The second kappa shape index (κ2) is 7.90. The van der Waals surface area contributed by atoms with Crippen LogP contribution in [0.3, 0.4) is 0 Å². The Morgan fingerprint density at radius 2 is 1.81 bits per heavy atom. The van der Waals surface area contributed by atoms with Crippen molar-refractivity contribution in [3.63, 3.8) is 0 Å². The molecular weight excluding hydrogens is 379 g/mol. The van der Waals surface area contributed by atoms with E-state index in [1.165, 1.54) is 40.6 Å². The van der Waals surface area contributed by atoms with E-state index in [0.717, 1.165) is 21.5 Å². The molecule has 0 saturated carbocycles. The quantitative estimate of drug-likeness (QED) is 0.433. The summed E-state index contributed by atoms with van der Waals surface area (Å²) in [6, 6.07) is 20.5. The van der Waals surface area contributed by atoms with Crippen LogP contribution in [0.25, 0.3) is 22.0 Å². The fourth-order valence-corrected chi connectivity index (χ4v) is 4.08. The highest BCUT2D eigenvalue weighted by Crippen LogP contribution is 2.28. The summed E-state index contributed by atoms with van der Waals surface area (Å²) in [5.74, 6) is -0.173. The third kappa shape index (κ3) is 4.35. The van der Waals surface area contributed by atoms with Gasteiger partial charge in [0.25, 0.3) is 0 Å². The molecule has 0 saturated heterocycles. The zero-order valence-corrected chi connectivity index (χ0v) is 15.8. The second-order valence-electron chi connectivity index (χ2n) is 5.89. The van der Waals surface area contributed by atoms with Crippen LogP contribution in [0.2, 0.25) is 0 Å². The van der Waals surface area contributed by atoms with E-state index in [-0.39, 0.29) is 17.5 Å². The number of benzene rings is 3. The van der Waals surface area contributed by atoms with Crippen LogP contribution < -0.4 is 5.32 Å². The maximum Gasteiger partial charge on any atom is 0.236 e. The van der Waals surface area contributed by atoms with Crippen LogP contribution in [0, 0.1) is 5.82 Å². The number of hydrogen-bond donors (Lipinski definition) is 1. The van der Waals surface area contributed by atoms with Crippen molar-refractivity contribution in [1.29, 1.82) is 0 Å². The van der Waals surface area contributed by atoms with E-state index in [1.807, 2.05) is 23.6 Å². The molecule has 0 spiro atoms. The first kappa shape index (κ1) is 17.7. The molecule has 3 nitrogen and oxygen atoms in total. The summed E-state index contributed by atoms with van der Waals surface area (Å²) in [6.07, 6.45) is 0. The van der Waals surface area contributed by atoms with Gasteiger partial charge in [-0.25, -0.2) is 9.37 Å². The summed E-state index contributed by atoms with van der Waals surface area (Å²) < 4.78 is 12.9. The summed E-state index contributed by atoms with van der Waals surface area (Å²) in [5, 5.41) is 7.67. The lowest BCUT2D eigenvalue weighted by Gasteiger charge is -2.03. The summed E-state index contributed by atoms with van der Waals surface area (Å²) in [6.45, 7) is 0. The Bertz CT molecular complexity index is 1090. The van der Waals surface area contributed by atoms with Crippen molar-refractivity contribution in [2.24, 2.45) is 0 Å². The first-order valence-electron chi connectivity index (χ1n) is 8.30. The number of nitrogens with one attached hydrogen (secondary N) is 1. The average Bonchev–Trinajstić information content (AvgIpc) is 3.15. The zero-order valence-electron chi connectivity index (χ0n) is 14.2. The Balaban J connectivity index is 1.41. The number of hydrogen-bond acceptors (Lipinski definition) is 4. The molecule has 0 bridgehead atoms. The number of halogens is 1. The highest BCUT2D eigenvalue weighted by atomic mass is 32.2. The number of thiazole rings is 1. The third-order valence-electron chi connectivity index (χ3n) is 3.98. The molecule has 3 aromatic carbocycles. The molecule has 0 aliphatic carbocycles. The maximum atomic E-state index is 12.9. The molecule has 1 amide bonds. The minimum atomic E-state index is -0.284. The van der Waals surface area contributed by atoms with Gasteiger partial charge >= 0.3 is 0 Å². The summed E-state index contributed by atoms with van der Waals surface area (Å²) in [4.78, 5) is 17.5. The highest BCUT2D eigenvalue weighted by molar-refractivity contribution is 8.00. The number of aromatic nitrogens is 1. The van der Waals surface area contributed by atoms with Crippen LogP contribution in [-0.2, 0) is 4.79 Å². The second-order valence-corrected chi connectivity index (χ2v) is 7.80. The lowest BCUT2D eigenvalue weighted by Crippen LogP contribution is -2.13. The average molecular weight is 394 g/mol. The molecule has 4 aromatic rings. The molecule has 1 heterocycles. The number of carbonyl (C=O) groups is 1. The molecule has 0 aliphatic heterocycles. The smallest absolute Gasteiger partial charge is 0.236 e. The molecule has 134 valence electrons. The normalized spacial score (nSPS) is 10.9. The van der Waals surface area contributed by atoms with Crippen LogP contribution in [0.15, 0.2) is 77.0 Å². The highest BCUT2D eigenvalue weighted by Gasteiger charge is 2.09. The number of fused-ring (bicyclic) bond motifs is 1. The summed E-state index contributed by atoms with van der Waals surface area (Å²) >= 11 is 2.76. The maximum absolute atomic E-state index is 12.9. The van der Waals surface area contributed by atoms with Crippen molar-refractivity contribution in [1.82, 2.24) is 4.98 Å². The number of nitrogens with zero attached hydrogens (tertiary/aromatic N) is 1. The standard InChI is InChI=1S/C21H15FN2OS2/c22-17-7-9-18(10-8-17)26-13-20(25)24-21-23-19(12-27-21)16-6-5-14-3-1-2-4-15(14)11-16/h1-12H,13H2,(H,23,24,25). The number of carbonyl (C=O) groups excluding carboxylic acids is 1. The molecule has 0 radical (unpaired) electrons. The molecule has 0 fully saturated rings. The minimum Gasteiger partial charge on any atom is -0.301 e. The van der Waals surface area contributed by atoms with E-state index >= 15 is 0 Å². The molecule has 0 aliphatic rings. The SMILES string of the molecule is O=C(CSc1ccc(F)cc1)Nc1nc(-c2ccc3ccccc3c2)cs1. The van der Waals surface area contributed by atoms with Crippen molar-refractivity contribution in [2.45, 2.75) is 4.90 Å². The van der Waals surface area contributed by atoms with Gasteiger partial charge in [0.2, 0.25) is 5.91 Å². The number of rotatable bonds is 5. The van der Waals surface area contributed by atoms with Gasteiger partial charge in [0, 0.05) is 15.8 Å². The zero-order chi connectivity index (χ0) is 18.6. The first-order chi connectivity index (χ1) is 13.2. The van der Waals surface area contributed by atoms with E-state index in [4.69, 9.17) is 0 Å². The van der Waals surface area contributed by atoms with Gasteiger partial charge in [-0.2, -0.15) is 0 Å². The van der Waals surface area contributed by atoms with Crippen LogP contribution >= 0.6 is 23.1 Å². The Morgan fingerprint density at radius 3 is 2.63 bits per heavy atom. The van der Waals surface area contributed by atoms with Crippen molar-refractivity contribution in [2.75, 3.05) is 11.1 Å². The monoisotopic (exact) mass is 394 g/mol. The van der Waals surface area contributed by atoms with E-state index in [9.17, 15) is 9.18 Å². The summed E-state index contributed by atoms with van der Waals surface area (Å²) in [7, 11) is 0. The Kier molecular flexibility index (Phi) is 5.18. The van der Waals surface area contributed by atoms with Crippen LogP contribution in [-0.4, -0.2) is 16.6 Å². The van der Waals surface area contributed by atoms with Crippen LogP contribution in [0.4, 0.5) is 9.52 Å². The molecule has 0 unspecified atom stereocenters. The molecule has 1 N–H and O–H groups in total. The van der Waals surface area contributed by atoms with Gasteiger partial charge in [-0.3, -0.25) is 4.79 Å². The topological polar surface area (TPSA) is 42.0 Å². The van der Waals surface area contributed by atoms with Gasteiger partial charge in [-0.1, -0.05) is 36.4 Å². The fraction of sp³-hybridized carbons (Fsp3) is 0.0476. The van der Waals surface area contributed by atoms with Gasteiger partial charge in [-0.05, 0) is 41.1 Å². The molecule has 6 heteroatoms. The van der Waals surface area contributed by atoms with Gasteiger partial charge < -0.3 is 5.32 Å².